The fraction of sp³-hybridized carbons (Fsp3) is 0.167. The molecule has 0 unspecified atom stereocenters. The first-order valence-corrected chi connectivity index (χ1v) is 10.2. The van der Waals surface area contributed by atoms with E-state index < -0.39 is 0 Å². The van der Waals surface area contributed by atoms with Gasteiger partial charge in [0.1, 0.15) is 5.75 Å². The van der Waals surface area contributed by atoms with Crippen LogP contribution in [0.25, 0.3) is 22.3 Å². The first-order valence-electron chi connectivity index (χ1n) is 9.22. The summed E-state index contributed by atoms with van der Waals surface area (Å²) in [5.41, 5.74) is 6.50. The van der Waals surface area contributed by atoms with Gasteiger partial charge in [0.05, 0.1) is 12.8 Å². The number of hydrogen-bond donors (Lipinski definition) is 0. The number of aryl methyl sites for hydroxylation is 2. The van der Waals surface area contributed by atoms with Crippen molar-refractivity contribution in [2.45, 2.75) is 24.5 Å². The lowest BCUT2D eigenvalue weighted by atomic mass is 10.1. The first kappa shape index (κ1) is 18.5. The first-order chi connectivity index (χ1) is 13.6. The van der Waals surface area contributed by atoms with E-state index in [1.165, 1.54) is 16.0 Å². The standard InChI is InChI=1S/C24H22N2OS/c1-16-5-4-6-19(11-16)22-13-23(21-12-17(2)14-25-24(21)26-22)28-15-18-7-9-20(27-3)10-8-18/h4-14H,15H2,1-3H3. The van der Waals surface area contributed by atoms with Crippen LogP contribution < -0.4 is 4.74 Å². The maximum Gasteiger partial charge on any atom is 0.160 e. The summed E-state index contributed by atoms with van der Waals surface area (Å²) in [6.07, 6.45) is 1.88. The highest BCUT2D eigenvalue weighted by atomic mass is 32.2. The Morgan fingerprint density at radius 2 is 1.75 bits per heavy atom. The summed E-state index contributed by atoms with van der Waals surface area (Å²) in [6, 6.07) is 21.0. The molecule has 0 N–H and O–H groups in total. The third kappa shape index (κ3) is 4.02. The summed E-state index contributed by atoms with van der Waals surface area (Å²) >= 11 is 1.82. The third-order valence-corrected chi connectivity index (χ3v) is 5.76. The number of pyridine rings is 2. The van der Waals surface area contributed by atoms with Crippen molar-refractivity contribution in [3.05, 3.63) is 83.6 Å². The topological polar surface area (TPSA) is 35.0 Å². The SMILES string of the molecule is COc1ccc(CSc2cc(-c3cccc(C)c3)nc3ncc(C)cc23)cc1. The van der Waals surface area contributed by atoms with Gasteiger partial charge in [0.25, 0.3) is 0 Å². The molecule has 4 heteroatoms. The number of methoxy groups -OCH3 is 1. The van der Waals surface area contributed by atoms with Gasteiger partial charge in [-0.1, -0.05) is 35.9 Å². The van der Waals surface area contributed by atoms with E-state index in [1.807, 2.05) is 30.1 Å². The van der Waals surface area contributed by atoms with Crippen LogP contribution in [0, 0.1) is 13.8 Å². The number of ether oxygens (including phenoxy) is 1. The van der Waals surface area contributed by atoms with Gasteiger partial charge in [-0.3, -0.25) is 0 Å². The van der Waals surface area contributed by atoms with E-state index in [9.17, 15) is 0 Å². The molecule has 0 amide bonds. The summed E-state index contributed by atoms with van der Waals surface area (Å²) in [4.78, 5) is 10.6. The molecule has 0 spiro atoms. The molecule has 4 aromatic rings. The Kier molecular flexibility index (Phi) is 5.31. The van der Waals surface area contributed by atoms with Crippen molar-refractivity contribution in [1.82, 2.24) is 9.97 Å². The van der Waals surface area contributed by atoms with Gasteiger partial charge >= 0.3 is 0 Å². The van der Waals surface area contributed by atoms with Gasteiger partial charge in [-0.15, -0.1) is 11.8 Å². The number of hydrogen-bond acceptors (Lipinski definition) is 4. The maximum absolute atomic E-state index is 5.25. The Morgan fingerprint density at radius 3 is 2.50 bits per heavy atom. The maximum atomic E-state index is 5.25. The molecule has 28 heavy (non-hydrogen) atoms. The molecule has 0 fully saturated rings. The second kappa shape index (κ2) is 8.03. The second-order valence-corrected chi connectivity index (χ2v) is 7.91. The second-order valence-electron chi connectivity index (χ2n) is 6.90. The van der Waals surface area contributed by atoms with Crippen LogP contribution in [0.1, 0.15) is 16.7 Å². The average molecular weight is 387 g/mol. The van der Waals surface area contributed by atoms with E-state index in [0.717, 1.165) is 39.4 Å². The van der Waals surface area contributed by atoms with Crippen LogP contribution in [0.3, 0.4) is 0 Å². The quantitative estimate of drug-likeness (QED) is 0.382. The highest BCUT2D eigenvalue weighted by molar-refractivity contribution is 7.98. The van der Waals surface area contributed by atoms with Crippen molar-refractivity contribution in [2.24, 2.45) is 0 Å². The summed E-state index contributed by atoms with van der Waals surface area (Å²) in [5.74, 6) is 1.76. The van der Waals surface area contributed by atoms with Crippen molar-refractivity contribution in [1.29, 1.82) is 0 Å². The minimum Gasteiger partial charge on any atom is -0.497 e. The molecule has 0 atom stereocenters. The Balaban J connectivity index is 1.72. The van der Waals surface area contributed by atoms with E-state index in [0.29, 0.717) is 0 Å². The number of rotatable bonds is 5. The highest BCUT2D eigenvalue weighted by Gasteiger charge is 2.10. The van der Waals surface area contributed by atoms with E-state index in [1.54, 1.807) is 7.11 Å². The van der Waals surface area contributed by atoms with Crippen LogP contribution in [0.4, 0.5) is 0 Å². The molecule has 4 rings (SSSR count). The minimum absolute atomic E-state index is 0.793. The Bertz CT molecular complexity index is 1120. The van der Waals surface area contributed by atoms with Gasteiger partial charge in [-0.05, 0) is 55.3 Å². The number of nitrogens with zero attached hydrogens (tertiary/aromatic N) is 2. The van der Waals surface area contributed by atoms with Crippen molar-refractivity contribution in [3.63, 3.8) is 0 Å². The number of aromatic nitrogens is 2. The molecule has 0 aliphatic heterocycles. The summed E-state index contributed by atoms with van der Waals surface area (Å²) in [6.45, 7) is 4.17. The van der Waals surface area contributed by atoms with E-state index in [4.69, 9.17) is 9.72 Å². The fourth-order valence-electron chi connectivity index (χ4n) is 3.14. The Morgan fingerprint density at radius 1 is 0.929 bits per heavy atom. The molecule has 0 radical (unpaired) electrons. The Hall–Kier alpha value is -2.85. The minimum atomic E-state index is 0.793. The largest absolute Gasteiger partial charge is 0.497 e. The smallest absolute Gasteiger partial charge is 0.160 e. The zero-order valence-electron chi connectivity index (χ0n) is 16.3. The van der Waals surface area contributed by atoms with Crippen LogP contribution in [0.5, 0.6) is 5.75 Å². The highest BCUT2D eigenvalue weighted by Crippen LogP contribution is 2.33. The summed E-state index contributed by atoms with van der Waals surface area (Å²) < 4.78 is 5.25. The predicted octanol–water partition coefficient (Wildman–Crippen LogP) is 6.21. The molecule has 140 valence electrons. The van der Waals surface area contributed by atoms with E-state index in [2.05, 4.69) is 67.4 Å². The molecular formula is C24H22N2OS. The van der Waals surface area contributed by atoms with E-state index in [-0.39, 0.29) is 0 Å². The van der Waals surface area contributed by atoms with Gasteiger partial charge in [-0.25, -0.2) is 9.97 Å². The lowest BCUT2D eigenvalue weighted by Gasteiger charge is -2.11. The normalized spacial score (nSPS) is 11.0. The van der Waals surface area contributed by atoms with Crippen molar-refractivity contribution in [2.75, 3.05) is 7.11 Å². The van der Waals surface area contributed by atoms with Crippen LogP contribution in [-0.4, -0.2) is 17.1 Å². The fourth-order valence-corrected chi connectivity index (χ4v) is 4.15. The lowest BCUT2D eigenvalue weighted by molar-refractivity contribution is 0.414. The molecule has 0 aliphatic rings. The predicted molar refractivity (Wildman–Crippen MR) is 117 cm³/mol. The summed E-state index contributed by atoms with van der Waals surface area (Å²) in [7, 11) is 1.69. The summed E-state index contributed by atoms with van der Waals surface area (Å²) in [5, 5.41) is 1.11. The van der Waals surface area contributed by atoms with Crippen LogP contribution >= 0.6 is 11.8 Å². The molecule has 2 heterocycles. The molecule has 2 aromatic heterocycles. The van der Waals surface area contributed by atoms with Crippen molar-refractivity contribution in [3.8, 4) is 17.0 Å². The Labute approximate surface area is 169 Å². The van der Waals surface area contributed by atoms with Crippen LogP contribution in [0.15, 0.2) is 71.8 Å². The zero-order chi connectivity index (χ0) is 19.5. The average Bonchev–Trinajstić information content (AvgIpc) is 2.72. The third-order valence-electron chi connectivity index (χ3n) is 4.63. The molecule has 3 nitrogen and oxygen atoms in total. The monoisotopic (exact) mass is 386 g/mol. The lowest BCUT2D eigenvalue weighted by Crippen LogP contribution is -1.93. The number of thioether (sulfide) groups is 1. The molecule has 0 saturated heterocycles. The van der Waals surface area contributed by atoms with Gasteiger partial charge in [0, 0.05) is 27.8 Å². The van der Waals surface area contributed by atoms with E-state index >= 15 is 0 Å². The number of benzene rings is 2. The van der Waals surface area contributed by atoms with Crippen LogP contribution in [0.2, 0.25) is 0 Å². The zero-order valence-corrected chi connectivity index (χ0v) is 17.1. The van der Waals surface area contributed by atoms with Crippen molar-refractivity contribution < 1.29 is 4.74 Å². The molecule has 2 aromatic carbocycles. The van der Waals surface area contributed by atoms with Crippen LogP contribution in [-0.2, 0) is 5.75 Å². The van der Waals surface area contributed by atoms with Gasteiger partial charge in [-0.2, -0.15) is 0 Å². The molecular weight excluding hydrogens is 364 g/mol. The van der Waals surface area contributed by atoms with Gasteiger partial charge in [0.2, 0.25) is 0 Å². The molecule has 0 bridgehead atoms. The van der Waals surface area contributed by atoms with Crippen molar-refractivity contribution >= 4 is 22.8 Å². The van der Waals surface area contributed by atoms with Gasteiger partial charge < -0.3 is 4.74 Å². The molecule has 0 saturated carbocycles. The number of fused-ring (bicyclic) bond motifs is 1. The van der Waals surface area contributed by atoms with Gasteiger partial charge in [0.15, 0.2) is 5.65 Å². The molecule has 0 aliphatic carbocycles.